The Labute approximate surface area is 103 Å². The third kappa shape index (κ3) is 2.27. The third-order valence-electron chi connectivity index (χ3n) is 2.79. The Morgan fingerprint density at radius 2 is 2.50 bits per heavy atom. The van der Waals surface area contributed by atoms with Gasteiger partial charge in [0.05, 0.1) is 17.8 Å². The quantitative estimate of drug-likeness (QED) is 0.899. The Balaban J connectivity index is 2.15. The molecule has 1 aromatic rings. The predicted octanol–water partition coefficient (Wildman–Crippen LogP) is 1.03. The summed E-state index contributed by atoms with van der Waals surface area (Å²) in [7, 11) is 1.60. The van der Waals surface area contributed by atoms with Crippen LogP contribution in [0, 0.1) is 5.92 Å². The van der Waals surface area contributed by atoms with Crippen molar-refractivity contribution in [2.24, 2.45) is 11.7 Å². The molecule has 1 aliphatic rings. The van der Waals surface area contributed by atoms with E-state index < -0.39 is 0 Å². The molecule has 88 valence electrons. The summed E-state index contributed by atoms with van der Waals surface area (Å²) in [5.41, 5.74) is 5.65. The van der Waals surface area contributed by atoms with Gasteiger partial charge in [0.1, 0.15) is 0 Å². The zero-order chi connectivity index (χ0) is 11.5. The maximum Gasteiger partial charge on any atom is 0.232 e. The summed E-state index contributed by atoms with van der Waals surface area (Å²) in [6.07, 6.45) is 2.83. The molecular formula is C10H15BrN4O. The summed E-state index contributed by atoms with van der Waals surface area (Å²) in [4.78, 5) is 10.8. The van der Waals surface area contributed by atoms with Crippen LogP contribution in [-0.2, 0) is 0 Å². The van der Waals surface area contributed by atoms with Crippen LogP contribution in [0.5, 0.6) is 5.88 Å². The Morgan fingerprint density at radius 3 is 3.12 bits per heavy atom. The van der Waals surface area contributed by atoms with Crippen LogP contribution in [0.2, 0.25) is 0 Å². The lowest BCUT2D eigenvalue weighted by Gasteiger charge is -2.16. The van der Waals surface area contributed by atoms with Gasteiger partial charge in [-0.05, 0) is 34.8 Å². The average Bonchev–Trinajstić information content (AvgIpc) is 2.78. The topological polar surface area (TPSA) is 64.3 Å². The van der Waals surface area contributed by atoms with Crippen LogP contribution in [0.15, 0.2) is 10.7 Å². The van der Waals surface area contributed by atoms with E-state index in [1.807, 2.05) is 0 Å². The van der Waals surface area contributed by atoms with Crippen molar-refractivity contribution in [3.05, 3.63) is 10.7 Å². The molecule has 16 heavy (non-hydrogen) atoms. The first-order valence-corrected chi connectivity index (χ1v) is 6.05. The summed E-state index contributed by atoms with van der Waals surface area (Å²) in [5, 5.41) is 0. The normalized spacial score (nSPS) is 20.2. The maximum atomic E-state index is 5.65. The molecule has 0 saturated carbocycles. The van der Waals surface area contributed by atoms with Crippen molar-refractivity contribution >= 4 is 21.9 Å². The molecular weight excluding hydrogens is 272 g/mol. The fraction of sp³-hybridized carbons (Fsp3) is 0.600. The highest BCUT2D eigenvalue weighted by molar-refractivity contribution is 9.10. The molecule has 1 fully saturated rings. The fourth-order valence-electron chi connectivity index (χ4n) is 1.84. The Kier molecular flexibility index (Phi) is 3.60. The number of nitrogens with zero attached hydrogens (tertiary/aromatic N) is 3. The number of hydrogen-bond acceptors (Lipinski definition) is 5. The highest BCUT2D eigenvalue weighted by atomic mass is 79.9. The van der Waals surface area contributed by atoms with E-state index in [9.17, 15) is 0 Å². The molecule has 0 aliphatic carbocycles. The monoisotopic (exact) mass is 286 g/mol. The molecule has 1 aliphatic heterocycles. The van der Waals surface area contributed by atoms with Crippen LogP contribution in [0.3, 0.4) is 0 Å². The summed E-state index contributed by atoms with van der Waals surface area (Å²) in [6.45, 7) is 2.62. The molecule has 0 aromatic carbocycles. The van der Waals surface area contributed by atoms with Gasteiger partial charge in [0.2, 0.25) is 11.8 Å². The number of hydrogen-bond donors (Lipinski definition) is 1. The largest absolute Gasteiger partial charge is 0.480 e. The highest BCUT2D eigenvalue weighted by Crippen LogP contribution is 2.26. The molecule has 1 atom stereocenters. The van der Waals surface area contributed by atoms with Crippen molar-refractivity contribution in [2.45, 2.75) is 6.42 Å². The minimum atomic E-state index is 0.554. The lowest BCUT2D eigenvalue weighted by Crippen LogP contribution is -2.24. The maximum absolute atomic E-state index is 5.65. The van der Waals surface area contributed by atoms with E-state index in [2.05, 4.69) is 30.8 Å². The molecule has 0 radical (unpaired) electrons. The van der Waals surface area contributed by atoms with Crippen molar-refractivity contribution < 1.29 is 4.74 Å². The van der Waals surface area contributed by atoms with Crippen LogP contribution in [-0.4, -0.2) is 36.7 Å². The highest BCUT2D eigenvalue weighted by Gasteiger charge is 2.23. The van der Waals surface area contributed by atoms with Crippen LogP contribution in [0.4, 0.5) is 5.95 Å². The summed E-state index contributed by atoms with van der Waals surface area (Å²) in [5.74, 6) is 1.84. The van der Waals surface area contributed by atoms with Gasteiger partial charge in [-0.3, -0.25) is 0 Å². The van der Waals surface area contributed by atoms with Gasteiger partial charge in [-0.2, -0.15) is 4.98 Å². The van der Waals surface area contributed by atoms with Crippen LogP contribution in [0.25, 0.3) is 0 Å². The molecule has 5 nitrogen and oxygen atoms in total. The number of halogens is 1. The van der Waals surface area contributed by atoms with E-state index >= 15 is 0 Å². The minimum absolute atomic E-state index is 0.554. The molecule has 2 rings (SSSR count). The summed E-state index contributed by atoms with van der Waals surface area (Å²) in [6, 6.07) is 0. The number of rotatable bonds is 3. The molecule has 1 unspecified atom stereocenters. The van der Waals surface area contributed by atoms with E-state index in [1.165, 1.54) is 0 Å². The molecule has 2 N–H and O–H groups in total. The van der Waals surface area contributed by atoms with Crippen molar-refractivity contribution in [3.8, 4) is 5.88 Å². The van der Waals surface area contributed by atoms with Crippen LogP contribution >= 0.6 is 15.9 Å². The van der Waals surface area contributed by atoms with E-state index in [1.54, 1.807) is 13.3 Å². The van der Waals surface area contributed by atoms with Gasteiger partial charge in [-0.1, -0.05) is 0 Å². The zero-order valence-electron chi connectivity index (χ0n) is 9.19. The SMILES string of the molecule is COc1nc(N2CCC(CN)C2)ncc1Br. The van der Waals surface area contributed by atoms with Gasteiger partial charge in [0.15, 0.2) is 0 Å². The molecule has 6 heteroatoms. The van der Waals surface area contributed by atoms with Gasteiger partial charge in [0, 0.05) is 13.1 Å². The van der Waals surface area contributed by atoms with Gasteiger partial charge in [-0.15, -0.1) is 0 Å². The molecule has 0 bridgehead atoms. The Bertz CT molecular complexity index is 374. The van der Waals surface area contributed by atoms with E-state index in [4.69, 9.17) is 10.5 Å². The fourth-order valence-corrected chi connectivity index (χ4v) is 2.20. The smallest absolute Gasteiger partial charge is 0.232 e. The van der Waals surface area contributed by atoms with E-state index in [0.717, 1.165) is 36.5 Å². The third-order valence-corrected chi connectivity index (χ3v) is 3.34. The second-order valence-corrected chi connectivity index (χ2v) is 4.72. The lowest BCUT2D eigenvalue weighted by molar-refractivity contribution is 0.394. The number of anilines is 1. The van der Waals surface area contributed by atoms with Crippen molar-refractivity contribution in [2.75, 3.05) is 31.6 Å². The number of nitrogens with two attached hydrogens (primary N) is 1. The molecule has 0 spiro atoms. The molecule has 2 heterocycles. The van der Waals surface area contributed by atoms with Crippen molar-refractivity contribution in [3.63, 3.8) is 0 Å². The standard InChI is InChI=1S/C10H15BrN4O/c1-16-9-8(11)5-13-10(14-9)15-3-2-7(4-12)6-15/h5,7H,2-4,6,12H2,1H3. The Hall–Kier alpha value is -0.880. The van der Waals surface area contributed by atoms with Gasteiger partial charge >= 0.3 is 0 Å². The second kappa shape index (κ2) is 4.97. The van der Waals surface area contributed by atoms with E-state index in [-0.39, 0.29) is 0 Å². The van der Waals surface area contributed by atoms with Crippen LogP contribution < -0.4 is 15.4 Å². The van der Waals surface area contributed by atoms with Gasteiger partial charge < -0.3 is 15.4 Å². The zero-order valence-corrected chi connectivity index (χ0v) is 10.8. The number of methoxy groups -OCH3 is 1. The van der Waals surface area contributed by atoms with Crippen molar-refractivity contribution in [1.29, 1.82) is 0 Å². The number of aromatic nitrogens is 2. The second-order valence-electron chi connectivity index (χ2n) is 3.86. The van der Waals surface area contributed by atoms with Crippen molar-refractivity contribution in [1.82, 2.24) is 9.97 Å². The van der Waals surface area contributed by atoms with Crippen LogP contribution in [0.1, 0.15) is 6.42 Å². The summed E-state index contributed by atoms with van der Waals surface area (Å²) >= 11 is 3.34. The molecule has 0 amide bonds. The van der Waals surface area contributed by atoms with E-state index in [0.29, 0.717) is 11.8 Å². The van der Waals surface area contributed by atoms with Gasteiger partial charge in [-0.25, -0.2) is 4.98 Å². The molecule has 1 aromatic heterocycles. The lowest BCUT2D eigenvalue weighted by atomic mass is 10.1. The first-order chi connectivity index (χ1) is 7.74. The molecule has 1 saturated heterocycles. The number of ether oxygens (including phenoxy) is 1. The first kappa shape index (κ1) is 11.6. The average molecular weight is 287 g/mol. The summed E-state index contributed by atoms with van der Waals surface area (Å²) < 4.78 is 5.92. The predicted molar refractivity (Wildman–Crippen MR) is 65.7 cm³/mol. The minimum Gasteiger partial charge on any atom is -0.480 e. The Morgan fingerprint density at radius 1 is 1.69 bits per heavy atom. The van der Waals surface area contributed by atoms with Gasteiger partial charge in [0.25, 0.3) is 0 Å². The first-order valence-electron chi connectivity index (χ1n) is 5.26.